The molecular weight excluding hydrogens is 1150 g/mol. The third-order valence-corrected chi connectivity index (χ3v) is 17.5. The number of unbranched alkanes of at least 4 members (excludes halogenated alkanes) is 34. The molecule has 0 saturated heterocycles. The van der Waals surface area contributed by atoms with Crippen LogP contribution in [0.1, 0.15) is 337 Å². The summed E-state index contributed by atoms with van der Waals surface area (Å²) < 4.78 is 68.2. The number of carbonyl (C=O) groups excluding carboxylic acids is 4. The lowest BCUT2D eigenvalue weighted by atomic mass is 10.0. The predicted molar refractivity (Wildman–Crippen MR) is 349 cm³/mol. The fourth-order valence-electron chi connectivity index (χ4n) is 10.2. The Balaban J connectivity index is 5.25. The monoisotopic (exact) mass is 1280 g/mol. The van der Waals surface area contributed by atoms with Crippen molar-refractivity contribution in [2.24, 2.45) is 17.8 Å². The van der Waals surface area contributed by atoms with Crippen LogP contribution < -0.4 is 0 Å². The van der Waals surface area contributed by atoms with Crippen molar-refractivity contribution < 1.29 is 80.2 Å². The number of aliphatic hydroxyl groups excluding tert-OH is 1. The van der Waals surface area contributed by atoms with Crippen LogP contribution in [0.15, 0.2) is 0 Å². The first-order valence-corrected chi connectivity index (χ1v) is 38.3. The number of ether oxygens (including phenoxy) is 4. The van der Waals surface area contributed by atoms with E-state index in [4.69, 9.17) is 37.0 Å². The molecule has 2 unspecified atom stereocenters. The molecule has 87 heavy (non-hydrogen) atoms. The Labute approximate surface area is 530 Å². The van der Waals surface area contributed by atoms with Crippen LogP contribution in [0.2, 0.25) is 0 Å². The normalized spacial score (nSPS) is 14.3. The van der Waals surface area contributed by atoms with Gasteiger partial charge in [0.1, 0.15) is 19.3 Å². The van der Waals surface area contributed by atoms with Crippen molar-refractivity contribution in [2.75, 3.05) is 39.6 Å². The van der Waals surface area contributed by atoms with E-state index >= 15 is 0 Å². The van der Waals surface area contributed by atoms with Gasteiger partial charge in [0.25, 0.3) is 0 Å². The summed E-state index contributed by atoms with van der Waals surface area (Å²) in [5.74, 6) is 0.0283. The number of phosphoric acid groups is 2. The van der Waals surface area contributed by atoms with Crippen molar-refractivity contribution in [3.8, 4) is 0 Å². The maximum atomic E-state index is 13.0. The Bertz CT molecular complexity index is 1720. The smallest absolute Gasteiger partial charge is 0.462 e. The molecule has 0 radical (unpaired) electrons. The fraction of sp³-hybridized carbons (Fsp3) is 0.941. The highest BCUT2D eigenvalue weighted by atomic mass is 31.2. The maximum Gasteiger partial charge on any atom is 0.472 e. The summed E-state index contributed by atoms with van der Waals surface area (Å²) in [6, 6.07) is 0. The molecule has 3 N–H and O–H groups in total. The molecule has 0 saturated carbocycles. The lowest BCUT2D eigenvalue weighted by Gasteiger charge is -2.21. The van der Waals surface area contributed by atoms with E-state index in [1.807, 2.05) is 0 Å². The number of rotatable bonds is 66. The van der Waals surface area contributed by atoms with E-state index in [2.05, 4.69) is 48.5 Å². The SMILES string of the molecule is CCCCCCCCCCCCCCCCC(=O)O[C@H](COC(=O)CCCCCCCCCCCCC(C)C)COP(=O)(O)OC[C@@H](O)COP(=O)(O)OC[C@@H](COC(=O)CCCCCCCCCC(C)C)OC(=O)CCCCCCCCCC(C)C. The topological polar surface area (TPSA) is 237 Å². The zero-order valence-electron chi connectivity index (χ0n) is 56.5. The third-order valence-electron chi connectivity index (χ3n) is 15.6. The van der Waals surface area contributed by atoms with Gasteiger partial charge in [0.2, 0.25) is 0 Å². The van der Waals surface area contributed by atoms with Gasteiger partial charge in [-0.15, -0.1) is 0 Å². The molecule has 0 fully saturated rings. The molecule has 516 valence electrons. The van der Waals surface area contributed by atoms with Crippen molar-refractivity contribution in [2.45, 2.75) is 356 Å². The van der Waals surface area contributed by atoms with Crippen LogP contribution in [-0.4, -0.2) is 96.7 Å². The van der Waals surface area contributed by atoms with Crippen LogP contribution >= 0.6 is 15.6 Å². The van der Waals surface area contributed by atoms with E-state index in [1.54, 1.807) is 0 Å². The maximum absolute atomic E-state index is 13.0. The minimum absolute atomic E-state index is 0.102. The molecule has 0 rings (SSSR count). The molecule has 17 nitrogen and oxygen atoms in total. The van der Waals surface area contributed by atoms with Gasteiger partial charge in [0.15, 0.2) is 12.2 Å². The summed E-state index contributed by atoms with van der Waals surface area (Å²) in [6.45, 7) is 11.7. The molecule has 0 aromatic carbocycles. The van der Waals surface area contributed by atoms with Gasteiger partial charge >= 0.3 is 39.5 Å². The van der Waals surface area contributed by atoms with E-state index in [0.717, 1.165) is 102 Å². The van der Waals surface area contributed by atoms with Crippen molar-refractivity contribution in [3.63, 3.8) is 0 Å². The molecule has 0 aliphatic carbocycles. The van der Waals surface area contributed by atoms with Crippen molar-refractivity contribution in [1.29, 1.82) is 0 Å². The Morgan fingerprint density at radius 1 is 0.310 bits per heavy atom. The van der Waals surface area contributed by atoms with Gasteiger partial charge in [-0.3, -0.25) is 37.3 Å². The van der Waals surface area contributed by atoms with Crippen LogP contribution in [0, 0.1) is 17.8 Å². The van der Waals surface area contributed by atoms with E-state index in [0.29, 0.717) is 37.5 Å². The van der Waals surface area contributed by atoms with Gasteiger partial charge in [-0.1, -0.05) is 286 Å². The summed E-state index contributed by atoms with van der Waals surface area (Å²) in [6.07, 6.45) is 41.8. The second-order valence-electron chi connectivity index (χ2n) is 26.0. The zero-order chi connectivity index (χ0) is 64.5. The van der Waals surface area contributed by atoms with Crippen molar-refractivity contribution in [3.05, 3.63) is 0 Å². The minimum atomic E-state index is -4.95. The van der Waals surface area contributed by atoms with Crippen LogP contribution in [0.5, 0.6) is 0 Å². The quantitative estimate of drug-likeness (QED) is 0.0222. The lowest BCUT2D eigenvalue weighted by Crippen LogP contribution is -2.30. The van der Waals surface area contributed by atoms with E-state index < -0.39 is 97.5 Å². The Kier molecular flexibility index (Phi) is 57.8. The van der Waals surface area contributed by atoms with Crippen LogP contribution in [0.3, 0.4) is 0 Å². The Morgan fingerprint density at radius 2 is 0.529 bits per heavy atom. The lowest BCUT2D eigenvalue weighted by molar-refractivity contribution is -0.161. The average molecular weight is 1280 g/mol. The van der Waals surface area contributed by atoms with Crippen molar-refractivity contribution >= 4 is 39.5 Å². The van der Waals surface area contributed by atoms with Crippen LogP contribution in [0.4, 0.5) is 0 Å². The zero-order valence-corrected chi connectivity index (χ0v) is 58.3. The first-order valence-electron chi connectivity index (χ1n) is 35.3. The summed E-state index contributed by atoms with van der Waals surface area (Å²) in [4.78, 5) is 72.4. The molecule has 0 spiro atoms. The minimum Gasteiger partial charge on any atom is -0.462 e. The van der Waals surface area contributed by atoms with E-state index in [9.17, 15) is 43.2 Å². The number of aliphatic hydroxyl groups is 1. The second-order valence-corrected chi connectivity index (χ2v) is 28.9. The number of hydrogen-bond acceptors (Lipinski definition) is 15. The highest BCUT2D eigenvalue weighted by molar-refractivity contribution is 7.47. The van der Waals surface area contributed by atoms with Crippen LogP contribution in [0.25, 0.3) is 0 Å². The fourth-order valence-corrected chi connectivity index (χ4v) is 11.8. The average Bonchev–Trinajstić information content (AvgIpc) is 3.66. The molecule has 0 heterocycles. The highest BCUT2D eigenvalue weighted by Crippen LogP contribution is 2.45. The van der Waals surface area contributed by atoms with Crippen LogP contribution in [-0.2, 0) is 65.4 Å². The second kappa shape index (κ2) is 59.1. The van der Waals surface area contributed by atoms with Crippen molar-refractivity contribution in [1.82, 2.24) is 0 Å². The summed E-state index contributed by atoms with van der Waals surface area (Å²) >= 11 is 0. The molecule has 0 aromatic rings. The van der Waals surface area contributed by atoms with Gasteiger partial charge in [0.05, 0.1) is 26.4 Å². The molecule has 19 heteroatoms. The van der Waals surface area contributed by atoms with Gasteiger partial charge in [-0.05, 0) is 43.4 Å². The number of esters is 4. The molecule has 0 bridgehead atoms. The molecule has 0 aromatic heterocycles. The van der Waals surface area contributed by atoms with Gasteiger partial charge in [-0.25, -0.2) is 9.13 Å². The standard InChI is InChI=1S/C68H132O17P2/c1-8-9-10-11-12-13-14-15-16-17-22-29-37-44-51-67(72)84-63(55-78-65(70)49-42-35-28-21-19-18-20-25-32-39-46-59(2)3)57-82-86(74,75)80-53-62(69)54-81-87(76,77)83-58-64(85-68(73)52-45-38-31-24-27-34-41-48-61(6)7)56-79-66(71)50-43-36-30-23-26-33-40-47-60(4)5/h59-64,69H,8-58H2,1-7H3,(H,74,75)(H,76,77)/t62-,63-,64-/m1/s1. The molecule has 0 aliphatic heterocycles. The largest absolute Gasteiger partial charge is 0.472 e. The Morgan fingerprint density at radius 3 is 0.782 bits per heavy atom. The van der Waals surface area contributed by atoms with Gasteiger partial charge in [0, 0.05) is 25.7 Å². The number of phosphoric ester groups is 2. The summed E-state index contributed by atoms with van der Waals surface area (Å²) in [7, 11) is -9.90. The molecule has 0 amide bonds. The van der Waals surface area contributed by atoms with E-state index in [-0.39, 0.29) is 25.7 Å². The highest BCUT2D eigenvalue weighted by Gasteiger charge is 2.30. The van der Waals surface area contributed by atoms with Gasteiger partial charge < -0.3 is 33.8 Å². The first-order chi connectivity index (χ1) is 41.7. The first kappa shape index (κ1) is 85.1. The molecule has 0 aliphatic rings. The molecular formula is C68H132O17P2. The van der Waals surface area contributed by atoms with Gasteiger partial charge in [-0.2, -0.15) is 0 Å². The van der Waals surface area contributed by atoms with E-state index in [1.165, 1.54) is 141 Å². The third kappa shape index (κ3) is 62.6. The molecule has 5 atom stereocenters. The number of carbonyl (C=O) groups is 4. The summed E-state index contributed by atoms with van der Waals surface area (Å²) in [5.41, 5.74) is 0. The number of hydrogen-bond donors (Lipinski definition) is 3. The predicted octanol–water partition coefficient (Wildman–Crippen LogP) is 19.1. The summed E-state index contributed by atoms with van der Waals surface area (Å²) in [5, 5.41) is 10.6. The Hall–Kier alpha value is -1.94.